The molecule has 3 rings (SSSR count). The van der Waals surface area contributed by atoms with E-state index in [1.54, 1.807) is 17.8 Å². The zero-order valence-electron chi connectivity index (χ0n) is 11.1. The van der Waals surface area contributed by atoms with Crippen LogP contribution in [0.15, 0.2) is 29.2 Å². The van der Waals surface area contributed by atoms with E-state index in [4.69, 9.17) is 0 Å². The summed E-state index contributed by atoms with van der Waals surface area (Å²) < 4.78 is 13.2. The molecule has 5 heteroatoms. The number of carbonyl (C=O) groups is 1. The minimum Gasteiger partial charge on any atom is -0.480 e. The Hall–Kier alpha value is -1.07. The van der Waals surface area contributed by atoms with Crippen LogP contribution in [0, 0.1) is 5.82 Å². The van der Waals surface area contributed by atoms with Crippen LogP contribution in [0.5, 0.6) is 0 Å². The fraction of sp³-hybridized carbons (Fsp3) is 0.533. The van der Waals surface area contributed by atoms with Gasteiger partial charge in [0.25, 0.3) is 0 Å². The van der Waals surface area contributed by atoms with E-state index in [0.29, 0.717) is 18.9 Å². The molecule has 1 aromatic rings. The molecule has 2 atom stereocenters. The quantitative estimate of drug-likeness (QED) is 0.876. The lowest BCUT2D eigenvalue weighted by atomic mass is 9.98. The minimum absolute atomic E-state index is 0.235. The summed E-state index contributed by atoms with van der Waals surface area (Å²) in [4.78, 5) is 12.5. The number of nitrogens with one attached hydrogen (secondary N) is 1. The maximum absolute atomic E-state index is 13.2. The predicted molar refractivity (Wildman–Crippen MR) is 76.4 cm³/mol. The summed E-state index contributed by atoms with van der Waals surface area (Å²) in [6.45, 7) is 0. The molecule has 2 unspecified atom stereocenters. The van der Waals surface area contributed by atoms with Gasteiger partial charge in [-0.25, -0.2) is 4.39 Å². The lowest BCUT2D eigenvalue weighted by molar-refractivity contribution is -0.144. The summed E-state index contributed by atoms with van der Waals surface area (Å²) in [5.74, 6) is -0.986. The van der Waals surface area contributed by atoms with Crippen LogP contribution in [0.4, 0.5) is 4.39 Å². The van der Waals surface area contributed by atoms with Crippen molar-refractivity contribution in [1.29, 1.82) is 0 Å². The molecule has 0 spiro atoms. The standard InChI is InChI=1S/C15H18FNO2S/c16-10-2-1-3-12(8-10)20-13-6-7-15(9-13,14(18)19)17-11-4-5-11/h1-3,8,11,13,17H,4-7,9H2,(H,18,19). The van der Waals surface area contributed by atoms with Gasteiger partial charge in [-0.1, -0.05) is 6.07 Å². The van der Waals surface area contributed by atoms with Gasteiger partial charge in [-0.2, -0.15) is 0 Å². The van der Waals surface area contributed by atoms with Gasteiger partial charge in [0.05, 0.1) is 0 Å². The van der Waals surface area contributed by atoms with Crippen LogP contribution in [-0.2, 0) is 4.79 Å². The number of carboxylic acids is 1. The van der Waals surface area contributed by atoms with E-state index in [-0.39, 0.29) is 11.1 Å². The molecule has 2 N–H and O–H groups in total. The molecule has 2 aliphatic carbocycles. The summed E-state index contributed by atoms with van der Waals surface area (Å²) in [6, 6.07) is 6.89. The van der Waals surface area contributed by atoms with Crippen molar-refractivity contribution in [3.05, 3.63) is 30.1 Å². The lowest BCUT2D eigenvalue weighted by Gasteiger charge is -2.26. The van der Waals surface area contributed by atoms with Crippen LogP contribution in [0.3, 0.4) is 0 Å². The number of carboxylic acid groups (broad SMARTS) is 1. The molecule has 2 saturated carbocycles. The van der Waals surface area contributed by atoms with Gasteiger partial charge in [0.15, 0.2) is 0 Å². The molecule has 3 nitrogen and oxygen atoms in total. The Bertz CT molecular complexity index is 520. The molecule has 0 amide bonds. The molecule has 0 radical (unpaired) electrons. The molecular formula is C15H18FNO2S. The maximum atomic E-state index is 13.2. The topological polar surface area (TPSA) is 49.3 Å². The van der Waals surface area contributed by atoms with Gasteiger partial charge in [0.1, 0.15) is 11.4 Å². The van der Waals surface area contributed by atoms with Crippen molar-refractivity contribution >= 4 is 17.7 Å². The summed E-state index contributed by atoms with van der Waals surface area (Å²) in [5.41, 5.74) is -0.772. The zero-order valence-corrected chi connectivity index (χ0v) is 12.0. The SMILES string of the molecule is O=C(O)C1(NC2CC2)CCC(Sc2cccc(F)c2)C1. The normalized spacial score (nSPS) is 29.6. The molecule has 0 bridgehead atoms. The second-order valence-electron chi connectivity index (χ2n) is 5.75. The first-order chi connectivity index (χ1) is 9.57. The van der Waals surface area contributed by atoms with E-state index < -0.39 is 11.5 Å². The first kappa shape index (κ1) is 13.9. The maximum Gasteiger partial charge on any atom is 0.323 e. The first-order valence-electron chi connectivity index (χ1n) is 7.01. The molecular weight excluding hydrogens is 277 g/mol. The Balaban J connectivity index is 1.66. The molecule has 0 aliphatic heterocycles. The van der Waals surface area contributed by atoms with Crippen LogP contribution >= 0.6 is 11.8 Å². The van der Waals surface area contributed by atoms with E-state index in [1.807, 2.05) is 6.07 Å². The fourth-order valence-electron chi connectivity index (χ4n) is 2.84. The Morgan fingerprint density at radius 2 is 2.20 bits per heavy atom. The van der Waals surface area contributed by atoms with Crippen LogP contribution in [0.1, 0.15) is 32.1 Å². The van der Waals surface area contributed by atoms with Crippen molar-refractivity contribution in [3.8, 4) is 0 Å². The summed E-state index contributed by atoms with van der Waals surface area (Å²) in [6.07, 6.45) is 4.28. The Labute approximate surface area is 121 Å². The van der Waals surface area contributed by atoms with Crippen LogP contribution in [0.2, 0.25) is 0 Å². The number of hydrogen-bond acceptors (Lipinski definition) is 3. The zero-order chi connectivity index (χ0) is 14.2. The van der Waals surface area contributed by atoms with E-state index in [2.05, 4.69) is 5.32 Å². The van der Waals surface area contributed by atoms with Gasteiger partial charge in [-0.3, -0.25) is 10.1 Å². The number of aliphatic carboxylic acids is 1. The van der Waals surface area contributed by atoms with Crippen LogP contribution < -0.4 is 5.32 Å². The lowest BCUT2D eigenvalue weighted by Crippen LogP contribution is -2.51. The number of rotatable bonds is 5. The van der Waals surface area contributed by atoms with Gasteiger partial charge in [-0.15, -0.1) is 11.8 Å². The van der Waals surface area contributed by atoms with Crippen molar-refractivity contribution in [1.82, 2.24) is 5.32 Å². The van der Waals surface area contributed by atoms with Crippen molar-refractivity contribution in [2.75, 3.05) is 0 Å². The second-order valence-corrected chi connectivity index (χ2v) is 7.12. The van der Waals surface area contributed by atoms with Crippen LogP contribution in [0.25, 0.3) is 0 Å². The van der Waals surface area contributed by atoms with E-state index in [1.165, 1.54) is 12.1 Å². The molecule has 1 aromatic carbocycles. The van der Waals surface area contributed by atoms with Gasteiger partial charge >= 0.3 is 5.97 Å². The van der Waals surface area contributed by atoms with Crippen molar-refractivity contribution in [3.63, 3.8) is 0 Å². The molecule has 2 aliphatic rings. The molecule has 2 fully saturated rings. The highest BCUT2D eigenvalue weighted by molar-refractivity contribution is 8.00. The van der Waals surface area contributed by atoms with Gasteiger partial charge in [-0.05, 0) is 50.3 Å². The number of hydrogen-bond donors (Lipinski definition) is 2. The molecule has 20 heavy (non-hydrogen) atoms. The van der Waals surface area contributed by atoms with E-state index >= 15 is 0 Å². The van der Waals surface area contributed by atoms with Crippen molar-refractivity contribution in [2.24, 2.45) is 0 Å². The fourth-order valence-corrected chi connectivity index (χ4v) is 4.17. The van der Waals surface area contributed by atoms with E-state index in [0.717, 1.165) is 24.2 Å². The van der Waals surface area contributed by atoms with Gasteiger partial charge in [0, 0.05) is 16.2 Å². The summed E-state index contributed by atoms with van der Waals surface area (Å²) in [5, 5.41) is 13.1. The highest BCUT2D eigenvalue weighted by Crippen LogP contribution is 2.42. The third-order valence-electron chi connectivity index (χ3n) is 4.04. The van der Waals surface area contributed by atoms with E-state index in [9.17, 15) is 14.3 Å². The van der Waals surface area contributed by atoms with Gasteiger partial charge < -0.3 is 5.11 Å². The van der Waals surface area contributed by atoms with Crippen molar-refractivity contribution in [2.45, 2.75) is 53.8 Å². The number of thioether (sulfide) groups is 1. The Morgan fingerprint density at radius 1 is 1.40 bits per heavy atom. The first-order valence-corrected chi connectivity index (χ1v) is 7.89. The highest BCUT2D eigenvalue weighted by Gasteiger charge is 2.48. The predicted octanol–water partition coefficient (Wildman–Crippen LogP) is 3.05. The molecule has 0 saturated heterocycles. The number of halogens is 1. The Kier molecular flexibility index (Phi) is 3.73. The number of benzene rings is 1. The van der Waals surface area contributed by atoms with Crippen molar-refractivity contribution < 1.29 is 14.3 Å². The summed E-state index contributed by atoms with van der Waals surface area (Å²) >= 11 is 1.59. The highest BCUT2D eigenvalue weighted by atomic mass is 32.2. The summed E-state index contributed by atoms with van der Waals surface area (Å²) in [7, 11) is 0. The van der Waals surface area contributed by atoms with Gasteiger partial charge in [0.2, 0.25) is 0 Å². The molecule has 0 heterocycles. The average molecular weight is 295 g/mol. The largest absolute Gasteiger partial charge is 0.480 e. The smallest absolute Gasteiger partial charge is 0.323 e. The molecule has 0 aromatic heterocycles. The average Bonchev–Trinajstić information content (AvgIpc) is 3.10. The molecule has 108 valence electrons. The Morgan fingerprint density at radius 3 is 2.85 bits per heavy atom. The third kappa shape index (κ3) is 2.99. The minimum atomic E-state index is -0.772. The monoisotopic (exact) mass is 295 g/mol. The third-order valence-corrected chi connectivity index (χ3v) is 5.30. The second kappa shape index (κ2) is 5.37. The van der Waals surface area contributed by atoms with Crippen LogP contribution in [-0.4, -0.2) is 27.9 Å².